The van der Waals surface area contributed by atoms with E-state index in [0.29, 0.717) is 6.10 Å². The number of hydrogen-bond acceptors (Lipinski definition) is 3. The van der Waals surface area contributed by atoms with Crippen LogP contribution in [0, 0.1) is 6.92 Å². The normalized spacial score (nSPS) is 23.2. The van der Waals surface area contributed by atoms with E-state index in [-0.39, 0.29) is 6.04 Å². The minimum Gasteiger partial charge on any atom is -0.378 e. The van der Waals surface area contributed by atoms with Gasteiger partial charge in [-0.3, -0.25) is 0 Å². The van der Waals surface area contributed by atoms with Gasteiger partial charge in [0.2, 0.25) is 0 Å². The molecule has 1 aromatic rings. The fraction of sp³-hybridized carbons (Fsp3) is 0.692. The van der Waals surface area contributed by atoms with Gasteiger partial charge in [0.05, 0.1) is 6.10 Å². The first-order valence-corrected chi connectivity index (χ1v) is 7.06. The van der Waals surface area contributed by atoms with Crippen LogP contribution in [-0.4, -0.2) is 12.7 Å². The predicted octanol–water partition coefficient (Wildman–Crippen LogP) is 3.41. The van der Waals surface area contributed by atoms with Crippen molar-refractivity contribution in [1.82, 2.24) is 0 Å². The summed E-state index contributed by atoms with van der Waals surface area (Å²) >= 11 is 1.78. The Bertz CT molecular complexity index is 317. The highest BCUT2D eigenvalue weighted by atomic mass is 32.1. The smallest absolute Gasteiger partial charge is 0.0575 e. The molecule has 16 heavy (non-hydrogen) atoms. The van der Waals surface area contributed by atoms with Gasteiger partial charge in [0.25, 0.3) is 0 Å². The highest BCUT2D eigenvalue weighted by Crippen LogP contribution is 2.27. The molecule has 0 spiro atoms. The highest BCUT2D eigenvalue weighted by Gasteiger charge is 2.17. The van der Waals surface area contributed by atoms with Crippen molar-refractivity contribution < 1.29 is 4.74 Å². The first-order valence-electron chi connectivity index (χ1n) is 6.18. The Morgan fingerprint density at radius 3 is 3.06 bits per heavy atom. The quantitative estimate of drug-likeness (QED) is 0.874. The van der Waals surface area contributed by atoms with Crippen molar-refractivity contribution in [3.05, 3.63) is 21.9 Å². The number of nitrogens with two attached hydrogens (primary N) is 1. The van der Waals surface area contributed by atoms with Gasteiger partial charge < -0.3 is 10.5 Å². The maximum absolute atomic E-state index is 6.21. The zero-order chi connectivity index (χ0) is 11.4. The van der Waals surface area contributed by atoms with Crippen LogP contribution in [-0.2, 0) is 4.74 Å². The molecule has 0 bridgehead atoms. The van der Waals surface area contributed by atoms with E-state index in [1.54, 1.807) is 11.3 Å². The fourth-order valence-corrected chi connectivity index (χ4v) is 3.26. The number of aryl methyl sites for hydroxylation is 1. The molecule has 0 amide bonds. The van der Waals surface area contributed by atoms with Crippen molar-refractivity contribution in [2.24, 2.45) is 5.73 Å². The summed E-state index contributed by atoms with van der Waals surface area (Å²) in [6, 6.07) is 2.35. The summed E-state index contributed by atoms with van der Waals surface area (Å²) in [6.45, 7) is 3.08. The first kappa shape index (κ1) is 12.1. The summed E-state index contributed by atoms with van der Waals surface area (Å²) in [5, 5.41) is 2.13. The van der Waals surface area contributed by atoms with Gasteiger partial charge in [-0.05, 0) is 56.0 Å². The first-order chi connectivity index (χ1) is 7.77. The molecule has 1 aromatic heterocycles. The van der Waals surface area contributed by atoms with E-state index in [9.17, 15) is 0 Å². The van der Waals surface area contributed by atoms with Crippen molar-refractivity contribution in [3.63, 3.8) is 0 Å². The molecule has 90 valence electrons. The van der Waals surface area contributed by atoms with Crippen LogP contribution >= 0.6 is 11.3 Å². The summed E-state index contributed by atoms with van der Waals surface area (Å²) < 4.78 is 5.72. The van der Waals surface area contributed by atoms with Crippen LogP contribution in [0.5, 0.6) is 0 Å². The lowest BCUT2D eigenvalue weighted by Gasteiger charge is -2.23. The summed E-state index contributed by atoms with van der Waals surface area (Å²) in [5.74, 6) is 0. The van der Waals surface area contributed by atoms with Crippen molar-refractivity contribution in [1.29, 1.82) is 0 Å². The van der Waals surface area contributed by atoms with E-state index < -0.39 is 0 Å². The van der Waals surface area contributed by atoms with Crippen molar-refractivity contribution >= 4 is 11.3 Å². The summed E-state index contributed by atoms with van der Waals surface area (Å²) in [6.07, 6.45) is 6.38. The van der Waals surface area contributed by atoms with Crippen LogP contribution in [0.4, 0.5) is 0 Å². The molecule has 0 saturated carbocycles. The van der Waals surface area contributed by atoms with Gasteiger partial charge >= 0.3 is 0 Å². The Morgan fingerprint density at radius 2 is 2.44 bits per heavy atom. The zero-order valence-electron chi connectivity index (χ0n) is 9.95. The SMILES string of the molecule is Cc1ccsc1C(N)CCC1CCCCO1. The fourth-order valence-electron chi connectivity index (χ4n) is 2.30. The molecular formula is C13H21NOS. The molecule has 2 heterocycles. The molecule has 0 aromatic carbocycles. The van der Waals surface area contributed by atoms with Gasteiger partial charge in [-0.15, -0.1) is 11.3 Å². The number of thiophene rings is 1. The summed E-state index contributed by atoms with van der Waals surface area (Å²) in [7, 11) is 0. The molecule has 1 aliphatic heterocycles. The van der Waals surface area contributed by atoms with Gasteiger partial charge in [-0.2, -0.15) is 0 Å². The molecule has 2 rings (SSSR count). The van der Waals surface area contributed by atoms with Gasteiger partial charge in [0.15, 0.2) is 0 Å². The van der Waals surface area contributed by atoms with Crippen LogP contribution in [0.1, 0.15) is 48.6 Å². The van der Waals surface area contributed by atoms with Gasteiger partial charge in [0.1, 0.15) is 0 Å². The number of hydrogen-bond donors (Lipinski definition) is 1. The molecule has 2 N–H and O–H groups in total. The Hall–Kier alpha value is -0.380. The van der Waals surface area contributed by atoms with Crippen LogP contribution in [0.15, 0.2) is 11.4 Å². The monoisotopic (exact) mass is 239 g/mol. The van der Waals surface area contributed by atoms with Gasteiger partial charge in [-0.1, -0.05) is 0 Å². The molecule has 0 aliphatic carbocycles. The van der Waals surface area contributed by atoms with E-state index in [1.165, 1.54) is 29.7 Å². The Kier molecular flexibility index (Phi) is 4.38. The van der Waals surface area contributed by atoms with Crippen LogP contribution in [0.2, 0.25) is 0 Å². The van der Waals surface area contributed by atoms with Crippen molar-refractivity contribution in [3.8, 4) is 0 Å². The summed E-state index contributed by atoms with van der Waals surface area (Å²) in [5.41, 5.74) is 7.55. The third-order valence-electron chi connectivity index (χ3n) is 3.31. The molecule has 3 heteroatoms. The molecular weight excluding hydrogens is 218 g/mol. The van der Waals surface area contributed by atoms with Crippen LogP contribution in [0.3, 0.4) is 0 Å². The number of rotatable bonds is 4. The van der Waals surface area contributed by atoms with E-state index in [4.69, 9.17) is 10.5 Å². The highest BCUT2D eigenvalue weighted by molar-refractivity contribution is 7.10. The summed E-state index contributed by atoms with van der Waals surface area (Å²) in [4.78, 5) is 1.34. The third-order valence-corrected chi connectivity index (χ3v) is 4.46. The molecule has 2 atom stereocenters. The second-order valence-electron chi connectivity index (χ2n) is 4.64. The van der Waals surface area contributed by atoms with Gasteiger partial charge in [-0.25, -0.2) is 0 Å². The second-order valence-corrected chi connectivity index (χ2v) is 5.59. The van der Waals surface area contributed by atoms with Crippen LogP contribution < -0.4 is 5.73 Å². The molecule has 1 aliphatic rings. The van der Waals surface area contributed by atoms with Crippen molar-refractivity contribution in [2.75, 3.05) is 6.61 Å². The van der Waals surface area contributed by atoms with Crippen molar-refractivity contribution in [2.45, 2.75) is 51.2 Å². The number of ether oxygens (including phenoxy) is 1. The lowest BCUT2D eigenvalue weighted by molar-refractivity contribution is 0.00916. The van der Waals surface area contributed by atoms with E-state index in [2.05, 4.69) is 18.4 Å². The standard InChI is InChI=1S/C13H21NOS/c1-10-7-9-16-13(10)12(14)6-5-11-4-2-3-8-15-11/h7,9,11-12H,2-6,8,14H2,1H3. The molecule has 2 nitrogen and oxygen atoms in total. The third kappa shape index (κ3) is 3.06. The maximum Gasteiger partial charge on any atom is 0.0575 e. The average Bonchev–Trinajstić information content (AvgIpc) is 2.74. The Labute approximate surface area is 102 Å². The lowest BCUT2D eigenvalue weighted by atomic mass is 10.0. The van der Waals surface area contributed by atoms with E-state index >= 15 is 0 Å². The molecule has 0 radical (unpaired) electrons. The average molecular weight is 239 g/mol. The molecule has 1 saturated heterocycles. The van der Waals surface area contributed by atoms with Gasteiger partial charge in [0, 0.05) is 17.5 Å². The maximum atomic E-state index is 6.21. The van der Waals surface area contributed by atoms with E-state index in [0.717, 1.165) is 19.4 Å². The molecule has 1 fully saturated rings. The largest absolute Gasteiger partial charge is 0.378 e. The topological polar surface area (TPSA) is 35.2 Å². The minimum absolute atomic E-state index is 0.200. The van der Waals surface area contributed by atoms with Crippen LogP contribution in [0.25, 0.3) is 0 Å². The minimum atomic E-state index is 0.200. The lowest BCUT2D eigenvalue weighted by Crippen LogP contribution is -2.21. The molecule has 2 unspecified atom stereocenters. The second kappa shape index (κ2) is 5.80. The van der Waals surface area contributed by atoms with E-state index in [1.807, 2.05) is 0 Å². The Balaban J connectivity index is 1.79. The Morgan fingerprint density at radius 1 is 1.56 bits per heavy atom. The zero-order valence-corrected chi connectivity index (χ0v) is 10.8. The predicted molar refractivity (Wildman–Crippen MR) is 68.8 cm³/mol.